The Kier molecular flexibility index (Phi) is 7.03. The predicted molar refractivity (Wildman–Crippen MR) is 232 cm³/mol. The first-order valence-electron chi connectivity index (χ1n) is 19.3. The number of hydrogen-bond donors (Lipinski definition) is 2. The third-order valence-electron chi connectivity index (χ3n) is 11.5. The van der Waals surface area contributed by atoms with Gasteiger partial charge < -0.3 is 18.7 Å². The van der Waals surface area contributed by atoms with Crippen molar-refractivity contribution in [1.29, 1.82) is 0 Å². The van der Waals surface area contributed by atoms with Crippen molar-refractivity contribution in [3.8, 4) is 16.8 Å². The van der Waals surface area contributed by atoms with Crippen LogP contribution in [0.4, 0.5) is 0 Å². The van der Waals surface area contributed by atoms with Gasteiger partial charge in [-0.1, -0.05) is 121 Å². The molecule has 0 saturated heterocycles. The highest BCUT2D eigenvalue weighted by Gasteiger charge is 2.26. The number of amidine groups is 1. The second-order valence-electron chi connectivity index (χ2n) is 14.8. The Balaban J connectivity index is 0.899. The number of furan rings is 2. The molecule has 11 aromatic rings. The fourth-order valence-electron chi connectivity index (χ4n) is 8.72. The van der Waals surface area contributed by atoms with Crippen LogP contribution < -0.4 is 10.6 Å². The smallest absolute Gasteiger partial charge is 0.136 e. The summed E-state index contributed by atoms with van der Waals surface area (Å²) in [6.07, 6.45) is -0.377. The molecule has 270 valence electrons. The Morgan fingerprint density at radius 1 is 0.421 bits per heavy atom. The number of benzene rings is 8. The Hall–Kier alpha value is -7.41. The second kappa shape index (κ2) is 12.6. The van der Waals surface area contributed by atoms with E-state index in [2.05, 4.69) is 173 Å². The van der Waals surface area contributed by atoms with Gasteiger partial charge in [-0.3, -0.25) is 5.32 Å². The van der Waals surface area contributed by atoms with E-state index in [1.165, 1.54) is 21.8 Å². The van der Waals surface area contributed by atoms with Crippen LogP contribution in [0, 0.1) is 0 Å². The minimum absolute atomic E-state index is 0.107. The summed E-state index contributed by atoms with van der Waals surface area (Å²) in [7, 11) is 0. The monoisotopic (exact) mass is 734 g/mol. The van der Waals surface area contributed by atoms with Crippen molar-refractivity contribution in [2.45, 2.75) is 12.3 Å². The highest BCUT2D eigenvalue weighted by Crippen LogP contribution is 2.39. The average molecular weight is 735 g/mol. The third kappa shape index (κ3) is 5.19. The summed E-state index contributed by atoms with van der Waals surface area (Å²) < 4.78 is 15.3. The molecule has 1 aliphatic rings. The first kappa shape index (κ1) is 31.9. The Morgan fingerprint density at radius 3 is 1.77 bits per heavy atom. The molecule has 0 bridgehead atoms. The Morgan fingerprint density at radius 2 is 1.02 bits per heavy atom. The molecule has 0 spiro atoms. The molecule has 0 saturated carbocycles. The highest BCUT2D eigenvalue weighted by molar-refractivity contribution is 6.11. The molecule has 2 N–H and O–H groups in total. The van der Waals surface area contributed by atoms with Crippen molar-refractivity contribution in [2.24, 2.45) is 4.99 Å². The van der Waals surface area contributed by atoms with Crippen molar-refractivity contribution in [1.82, 2.24) is 15.2 Å². The molecule has 0 aliphatic carbocycles. The van der Waals surface area contributed by atoms with Crippen molar-refractivity contribution in [3.05, 3.63) is 199 Å². The molecule has 2 atom stereocenters. The Labute approximate surface area is 327 Å². The molecule has 2 unspecified atom stereocenters. The molecule has 6 nitrogen and oxygen atoms in total. The van der Waals surface area contributed by atoms with E-state index in [-0.39, 0.29) is 12.3 Å². The quantitative estimate of drug-likeness (QED) is 0.185. The van der Waals surface area contributed by atoms with Crippen molar-refractivity contribution >= 4 is 71.5 Å². The van der Waals surface area contributed by atoms with Crippen LogP contribution in [0.25, 0.3) is 82.5 Å². The van der Waals surface area contributed by atoms with Crippen LogP contribution in [0.3, 0.4) is 0 Å². The fourth-order valence-corrected chi connectivity index (χ4v) is 8.72. The van der Waals surface area contributed by atoms with Gasteiger partial charge in [0, 0.05) is 43.6 Å². The van der Waals surface area contributed by atoms with Gasteiger partial charge in [0.25, 0.3) is 0 Å². The SMILES string of the molecule is c1ccc(C2=NC(c3ccc4c(c3)oc3ccc(-c5ccc6c(c5)oc5ccc(-n7c8ccccc8c8ccccc87)cc56)cc34)NC(c3ccccc3)N2)cc1. The van der Waals surface area contributed by atoms with E-state index in [1.54, 1.807) is 0 Å². The number of aliphatic imine (C=N–C) groups is 1. The van der Waals surface area contributed by atoms with Crippen molar-refractivity contribution in [2.75, 3.05) is 0 Å². The van der Waals surface area contributed by atoms with Crippen LogP contribution in [0.2, 0.25) is 0 Å². The maximum absolute atomic E-state index is 6.50. The average Bonchev–Trinajstić information content (AvgIpc) is 3.95. The van der Waals surface area contributed by atoms with Gasteiger partial charge in [0.15, 0.2) is 0 Å². The van der Waals surface area contributed by atoms with Gasteiger partial charge in [-0.2, -0.15) is 0 Å². The normalized spacial score (nSPS) is 15.9. The van der Waals surface area contributed by atoms with E-state index < -0.39 is 0 Å². The Bertz CT molecular complexity index is 3320. The molecular weight excluding hydrogens is 701 g/mol. The van der Waals surface area contributed by atoms with E-state index in [4.69, 9.17) is 13.8 Å². The van der Waals surface area contributed by atoms with E-state index in [1.807, 2.05) is 24.3 Å². The number of aromatic nitrogens is 1. The number of nitrogens with zero attached hydrogens (tertiary/aromatic N) is 2. The topological polar surface area (TPSA) is 67.6 Å². The summed E-state index contributed by atoms with van der Waals surface area (Å²) in [5.74, 6) is 0.854. The lowest BCUT2D eigenvalue weighted by Crippen LogP contribution is -2.44. The lowest BCUT2D eigenvalue weighted by molar-refractivity contribution is 0.409. The molecule has 12 rings (SSSR count). The zero-order valence-corrected chi connectivity index (χ0v) is 30.7. The number of nitrogens with one attached hydrogen (secondary N) is 2. The molecule has 6 heteroatoms. The minimum atomic E-state index is -0.270. The van der Waals surface area contributed by atoms with Gasteiger partial charge in [-0.25, -0.2) is 4.99 Å². The highest BCUT2D eigenvalue weighted by atomic mass is 16.3. The van der Waals surface area contributed by atoms with Crippen LogP contribution in [0.1, 0.15) is 29.0 Å². The first-order chi connectivity index (χ1) is 28.2. The summed E-state index contributed by atoms with van der Waals surface area (Å²) in [5, 5.41) is 14.2. The molecule has 8 aromatic carbocycles. The minimum Gasteiger partial charge on any atom is -0.456 e. The first-order valence-corrected chi connectivity index (χ1v) is 19.3. The number of fused-ring (bicyclic) bond motifs is 9. The van der Waals surface area contributed by atoms with Crippen LogP contribution in [0.15, 0.2) is 196 Å². The van der Waals surface area contributed by atoms with Gasteiger partial charge in [0.2, 0.25) is 0 Å². The number of para-hydroxylation sites is 2. The van der Waals surface area contributed by atoms with Crippen LogP contribution in [-0.4, -0.2) is 10.4 Å². The van der Waals surface area contributed by atoms with Crippen molar-refractivity contribution < 1.29 is 8.83 Å². The van der Waals surface area contributed by atoms with E-state index >= 15 is 0 Å². The number of hydrogen-bond acceptors (Lipinski definition) is 5. The molecule has 4 heterocycles. The van der Waals surface area contributed by atoms with E-state index in [0.29, 0.717) is 0 Å². The lowest BCUT2D eigenvalue weighted by Gasteiger charge is -2.32. The van der Waals surface area contributed by atoms with Gasteiger partial charge in [0.05, 0.1) is 11.0 Å². The summed E-state index contributed by atoms with van der Waals surface area (Å²) in [5.41, 5.74) is 12.3. The van der Waals surface area contributed by atoms with E-state index in [0.717, 1.165) is 83.2 Å². The largest absolute Gasteiger partial charge is 0.456 e. The molecule has 1 aliphatic heterocycles. The lowest BCUT2D eigenvalue weighted by atomic mass is 10.0. The predicted octanol–water partition coefficient (Wildman–Crippen LogP) is 12.6. The summed E-state index contributed by atoms with van der Waals surface area (Å²) in [6.45, 7) is 0. The van der Waals surface area contributed by atoms with E-state index in [9.17, 15) is 0 Å². The number of rotatable bonds is 5. The summed E-state index contributed by atoms with van der Waals surface area (Å²) >= 11 is 0. The second-order valence-corrected chi connectivity index (χ2v) is 14.8. The fraction of sp³-hybridized carbons (Fsp3) is 0.0392. The molecule has 0 amide bonds. The molecule has 0 fully saturated rings. The van der Waals surface area contributed by atoms with Gasteiger partial charge in [-0.05, 0) is 82.9 Å². The van der Waals surface area contributed by atoms with Gasteiger partial charge >= 0.3 is 0 Å². The molecule has 0 radical (unpaired) electrons. The maximum atomic E-state index is 6.50. The molecule has 57 heavy (non-hydrogen) atoms. The summed E-state index contributed by atoms with van der Waals surface area (Å²) in [6, 6.07) is 63.9. The zero-order valence-electron chi connectivity index (χ0n) is 30.7. The van der Waals surface area contributed by atoms with Crippen molar-refractivity contribution in [3.63, 3.8) is 0 Å². The standard InChI is InChI=1S/C51H34N4O2/c1-3-11-31(12-4-1)49-52-50(32-13-5-2-6-14-32)54-51(53-49)35-20-24-39-41-27-33(21-25-45(41)56-48(39)29-35)34-19-23-40-42-30-36(22-26-46(42)57-47(40)28-34)55-43-17-9-7-15-37(43)38-16-8-10-18-44(38)55/h1-30,49,51,53H,(H,52,54). The third-order valence-corrected chi connectivity index (χ3v) is 11.5. The van der Waals surface area contributed by atoms with Gasteiger partial charge in [0.1, 0.15) is 40.5 Å². The van der Waals surface area contributed by atoms with Crippen LogP contribution in [0.5, 0.6) is 0 Å². The van der Waals surface area contributed by atoms with Gasteiger partial charge in [-0.15, -0.1) is 0 Å². The maximum Gasteiger partial charge on any atom is 0.136 e. The summed E-state index contributed by atoms with van der Waals surface area (Å²) in [4.78, 5) is 5.14. The van der Waals surface area contributed by atoms with Crippen LogP contribution >= 0.6 is 0 Å². The molecule has 3 aromatic heterocycles. The zero-order chi connectivity index (χ0) is 37.5. The van der Waals surface area contributed by atoms with Crippen LogP contribution in [-0.2, 0) is 0 Å². The molecular formula is C51H34N4O2.